The summed E-state index contributed by atoms with van der Waals surface area (Å²) in [5.74, 6) is -1.00. The van der Waals surface area contributed by atoms with Crippen molar-refractivity contribution in [3.63, 3.8) is 0 Å². The fourth-order valence-corrected chi connectivity index (χ4v) is 3.34. The lowest BCUT2D eigenvalue weighted by Crippen LogP contribution is -2.35. The monoisotopic (exact) mass is 365 g/mol. The molecular formula is C22H23NO4. The van der Waals surface area contributed by atoms with Crippen LogP contribution in [0.1, 0.15) is 24.8 Å². The third-order valence-electron chi connectivity index (χ3n) is 4.63. The van der Waals surface area contributed by atoms with Crippen molar-refractivity contribution in [2.45, 2.75) is 19.3 Å². The molecule has 0 saturated carbocycles. The van der Waals surface area contributed by atoms with Crippen LogP contribution in [0, 0.1) is 5.92 Å². The molecule has 2 aromatic carbocycles. The predicted molar refractivity (Wildman–Crippen MR) is 104 cm³/mol. The Kier molecular flexibility index (Phi) is 5.91. The molecule has 0 bridgehead atoms. The second-order valence-electron chi connectivity index (χ2n) is 6.38. The van der Waals surface area contributed by atoms with E-state index in [1.165, 1.54) is 6.08 Å². The van der Waals surface area contributed by atoms with Gasteiger partial charge in [0.05, 0.1) is 13.7 Å². The summed E-state index contributed by atoms with van der Waals surface area (Å²) in [6, 6.07) is 17.1. The first-order valence-electron chi connectivity index (χ1n) is 8.99. The second-order valence-corrected chi connectivity index (χ2v) is 6.38. The highest BCUT2D eigenvalue weighted by Gasteiger charge is 2.39. The van der Waals surface area contributed by atoms with Gasteiger partial charge in [0.15, 0.2) is 5.78 Å². The topological polar surface area (TPSA) is 64.6 Å². The summed E-state index contributed by atoms with van der Waals surface area (Å²) >= 11 is 0. The van der Waals surface area contributed by atoms with Gasteiger partial charge in [-0.15, -0.1) is 0 Å². The molecule has 140 valence electrons. The maximum absolute atomic E-state index is 12.8. The number of hydrogen-bond acceptors (Lipinski definition) is 5. The molecule has 1 N–H and O–H groups in total. The molecule has 1 aliphatic rings. The van der Waals surface area contributed by atoms with E-state index >= 15 is 0 Å². The van der Waals surface area contributed by atoms with E-state index in [1.807, 2.05) is 54.6 Å². The molecule has 1 aliphatic carbocycles. The Morgan fingerprint density at radius 1 is 1.11 bits per heavy atom. The van der Waals surface area contributed by atoms with Gasteiger partial charge >= 0.3 is 5.97 Å². The lowest BCUT2D eigenvalue weighted by molar-refractivity contribution is -0.151. The summed E-state index contributed by atoms with van der Waals surface area (Å²) in [7, 11) is 1.62. The highest BCUT2D eigenvalue weighted by Crippen LogP contribution is 2.37. The summed E-state index contributed by atoms with van der Waals surface area (Å²) in [5, 5.41) is 3.29. The summed E-state index contributed by atoms with van der Waals surface area (Å²) in [6.07, 6.45) is 2.07. The van der Waals surface area contributed by atoms with Crippen molar-refractivity contribution in [2.75, 3.05) is 19.0 Å². The summed E-state index contributed by atoms with van der Waals surface area (Å²) < 4.78 is 10.3. The molecule has 3 rings (SSSR count). The standard InChI is InChI=1S/C22H23NO4/c1-3-27-22(25)21-19(15-7-5-4-6-8-15)13-17(14-20(21)24)23-16-9-11-18(26-2)12-10-16/h4-12,14,19,21,23H,3,13H2,1-2H3/t19-,21-/m0/s1. The fourth-order valence-electron chi connectivity index (χ4n) is 3.34. The van der Waals surface area contributed by atoms with E-state index in [4.69, 9.17) is 9.47 Å². The van der Waals surface area contributed by atoms with E-state index in [9.17, 15) is 9.59 Å². The minimum Gasteiger partial charge on any atom is -0.497 e. The Labute approximate surface area is 159 Å². The SMILES string of the molecule is CCOC(=O)[C@@H]1C(=O)C=C(Nc2ccc(OC)cc2)C[C@H]1c1ccccc1. The maximum Gasteiger partial charge on any atom is 0.317 e. The zero-order valence-corrected chi connectivity index (χ0v) is 15.5. The van der Waals surface area contributed by atoms with Crippen molar-refractivity contribution in [2.24, 2.45) is 5.92 Å². The Balaban J connectivity index is 1.87. The minimum absolute atomic E-state index is 0.232. The Bertz CT molecular complexity index is 827. The van der Waals surface area contributed by atoms with Gasteiger partial charge in [0.1, 0.15) is 11.7 Å². The number of methoxy groups -OCH3 is 1. The zero-order chi connectivity index (χ0) is 19.2. The van der Waals surface area contributed by atoms with Crippen LogP contribution in [0.15, 0.2) is 66.4 Å². The van der Waals surface area contributed by atoms with Crippen LogP contribution in [0.25, 0.3) is 0 Å². The lowest BCUT2D eigenvalue weighted by atomic mass is 9.76. The van der Waals surface area contributed by atoms with E-state index in [-0.39, 0.29) is 18.3 Å². The van der Waals surface area contributed by atoms with Crippen LogP contribution in [0.2, 0.25) is 0 Å². The first-order chi connectivity index (χ1) is 13.1. The van der Waals surface area contributed by atoms with E-state index in [0.29, 0.717) is 6.42 Å². The number of carbonyl (C=O) groups excluding carboxylic acids is 2. The minimum atomic E-state index is -0.811. The first kappa shape index (κ1) is 18.7. The number of allylic oxidation sites excluding steroid dienone is 2. The number of benzene rings is 2. The van der Waals surface area contributed by atoms with Gasteiger partial charge in [-0.25, -0.2) is 0 Å². The van der Waals surface area contributed by atoms with Gasteiger partial charge < -0.3 is 14.8 Å². The van der Waals surface area contributed by atoms with Crippen LogP contribution in [-0.2, 0) is 14.3 Å². The van der Waals surface area contributed by atoms with E-state index in [1.54, 1.807) is 14.0 Å². The lowest BCUT2D eigenvalue weighted by Gasteiger charge is -2.29. The number of esters is 1. The normalized spacial score (nSPS) is 19.2. The number of ether oxygens (including phenoxy) is 2. The Morgan fingerprint density at radius 3 is 2.44 bits per heavy atom. The van der Waals surface area contributed by atoms with Gasteiger partial charge in [0, 0.05) is 23.4 Å². The number of anilines is 1. The molecule has 0 radical (unpaired) electrons. The summed E-state index contributed by atoms with van der Waals surface area (Å²) in [6.45, 7) is 2.00. The van der Waals surface area contributed by atoms with Crippen LogP contribution >= 0.6 is 0 Å². The molecule has 0 aromatic heterocycles. The highest BCUT2D eigenvalue weighted by atomic mass is 16.5. The average Bonchev–Trinajstić information content (AvgIpc) is 2.69. The molecule has 5 heteroatoms. The van der Waals surface area contributed by atoms with Crippen molar-refractivity contribution >= 4 is 17.4 Å². The van der Waals surface area contributed by atoms with E-state index in [2.05, 4.69) is 5.32 Å². The average molecular weight is 365 g/mol. The molecule has 0 aliphatic heterocycles. The van der Waals surface area contributed by atoms with Gasteiger partial charge in [-0.3, -0.25) is 9.59 Å². The maximum atomic E-state index is 12.8. The Morgan fingerprint density at radius 2 is 1.81 bits per heavy atom. The molecule has 2 atom stereocenters. The van der Waals surface area contributed by atoms with Gasteiger partial charge in [-0.1, -0.05) is 30.3 Å². The van der Waals surface area contributed by atoms with Crippen molar-refractivity contribution < 1.29 is 19.1 Å². The molecular weight excluding hydrogens is 342 g/mol. The Hall–Kier alpha value is -3.08. The highest BCUT2D eigenvalue weighted by molar-refractivity contribution is 6.07. The second kappa shape index (κ2) is 8.54. The van der Waals surface area contributed by atoms with E-state index in [0.717, 1.165) is 22.7 Å². The third-order valence-corrected chi connectivity index (χ3v) is 4.63. The molecule has 0 heterocycles. The number of rotatable bonds is 6. The van der Waals surface area contributed by atoms with Gasteiger partial charge in [0.25, 0.3) is 0 Å². The molecule has 5 nitrogen and oxygen atoms in total. The van der Waals surface area contributed by atoms with E-state index < -0.39 is 11.9 Å². The molecule has 0 amide bonds. The van der Waals surface area contributed by atoms with Crippen molar-refractivity contribution in [3.8, 4) is 5.75 Å². The fraction of sp³-hybridized carbons (Fsp3) is 0.273. The number of nitrogens with one attached hydrogen (secondary N) is 1. The number of carbonyl (C=O) groups is 2. The quantitative estimate of drug-likeness (QED) is 0.621. The van der Waals surface area contributed by atoms with Crippen LogP contribution in [-0.4, -0.2) is 25.5 Å². The van der Waals surface area contributed by atoms with Crippen LogP contribution < -0.4 is 10.1 Å². The molecule has 27 heavy (non-hydrogen) atoms. The smallest absolute Gasteiger partial charge is 0.317 e. The molecule has 2 aromatic rings. The third kappa shape index (κ3) is 4.37. The van der Waals surface area contributed by atoms with Gasteiger partial charge in [-0.05, 0) is 43.2 Å². The molecule has 0 saturated heterocycles. The van der Waals surface area contributed by atoms with Gasteiger partial charge in [-0.2, -0.15) is 0 Å². The van der Waals surface area contributed by atoms with Crippen LogP contribution in [0.5, 0.6) is 5.75 Å². The first-order valence-corrected chi connectivity index (χ1v) is 8.99. The van der Waals surface area contributed by atoms with Crippen molar-refractivity contribution in [3.05, 3.63) is 71.9 Å². The predicted octanol–water partition coefficient (Wildman–Crippen LogP) is 3.93. The van der Waals surface area contributed by atoms with Crippen molar-refractivity contribution in [1.29, 1.82) is 0 Å². The van der Waals surface area contributed by atoms with Gasteiger partial charge in [0.2, 0.25) is 0 Å². The molecule has 0 fully saturated rings. The number of ketones is 1. The van der Waals surface area contributed by atoms with Crippen LogP contribution in [0.4, 0.5) is 5.69 Å². The van der Waals surface area contributed by atoms with Crippen LogP contribution in [0.3, 0.4) is 0 Å². The zero-order valence-electron chi connectivity index (χ0n) is 15.5. The number of hydrogen-bond donors (Lipinski definition) is 1. The summed E-state index contributed by atoms with van der Waals surface area (Å²) in [5.41, 5.74) is 2.59. The largest absolute Gasteiger partial charge is 0.497 e. The molecule has 0 unspecified atom stereocenters. The van der Waals surface area contributed by atoms with Crippen molar-refractivity contribution in [1.82, 2.24) is 0 Å². The summed E-state index contributed by atoms with van der Waals surface area (Å²) in [4.78, 5) is 25.2. The molecule has 0 spiro atoms.